The van der Waals surface area contributed by atoms with Crippen molar-refractivity contribution in [1.29, 1.82) is 5.26 Å². The Hall–Kier alpha value is -2.53. The van der Waals surface area contributed by atoms with E-state index in [1.807, 2.05) is 42.5 Å². The van der Waals surface area contributed by atoms with Crippen LogP contribution in [0.15, 0.2) is 61.2 Å². The molecule has 0 N–H and O–H groups in total. The van der Waals surface area contributed by atoms with Gasteiger partial charge < -0.3 is 4.74 Å². The lowest BCUT2D eigenvalue weighted by Crippen LogP contribution is -1.96. The minimum absolute atomic E-state index is 0.396. The Morgan fingerprint density at radius 1 is 1.11 bits per heavy atom. The quantitative estimate of drug-likeness (QED) is 0.755. The van der Waals surface area contributed by atoms with E-state index in [1.54, 1.807) is 12.1 Å². The van der Waals surface area contributed by atoms with Crippen LogP contribution in [-0.4, -0.2) is 6.61 Å². The standard InChI is InChI=1S/C16H13NO/c1-2-11-18-16-10-6-9-14(15(16)12-17)13-7-4-3-5-8-13/h2-10H,1,11H2. The van der Waals surface area contributed by atoms with Gasteiger partial charge in [0.25, 0.3) is 0 Å². The van der Waals surface area contributed by atoms with E-state index in [2.05, 4.69) is 12.6 Å². The zero-order valence-electron chi connectivity index (χ0n) is 9.97. The number of nitriles is 1. The lowest BCUT2D eigenvalue weighted by Gasteiger charge is -2.09. The van der Waals surface area contributed by atoms with E-state index >= 15 is 0 Å². The fraction of sp³-hybridized carbons (Fsp3) is 0.0625. The summed E-state index contributed by atoms with van der Waals surface area (Å²) in [6, 6.07) is 17.6. The third-order valence-corrected chi connectivity index (χ3v) is 2.58. The molecule has 0 amide bonds. The molecule has 0 atom stereocenters. The van der Waals surface area contributed by atoms with Gasteiger partial charge in [0.05, 0.1) is 0 Å². The van der Waals surface area contributed by atoms with Gasteiger partial charge in [0.1, 0.15) is 24.0 Å². The summed E-state index contributed by atoms with van der Waals surface area (Å²) in [5.74, 6) is 0.596. The number of ether oxygens (including phenoxy) is 1. The molecule has 2 aromatic carbocycles. The molecular weight excluding hydrogens is 222 g/mol. The highest BCUT2D eigenvalue weighted by Crippen LogP contribution is 2.29. The average Bonchev–Trinajstić information content (AvgIpc) is 2.45. The molecule has 2 aromatic rings. The largest absolute Gasteiger partial charge is 0.488 e. The molecule has 0 unspecified atom stereocenters. The normalized spacial score (nSPS) is 9.50. The van der Waals surface area contributed by atoms with Gasteiger partial charge in [-0.05, 0) is 11.6 Å². The van der Waals surface area contributed by atoms with Crippen LogP contribution in [0, 0.1) is 11.3 Å². The van der Waals surface area contributed by atoms with Crippen LogP contribution in [0.5, 0.6) is 5.75 Å². The van der Waals surface area contributed by atoms with Gasteiger partial charge in [-0.3, -0.25) is 0 Å². The van der Waals surface area contributed by atoms with Crippen LogP contribution in [0.25, 0.3) is 11.1 Å². The zero-order valence-corrected chi connectivity index (χ0v) is 9.97. The molecule has 2 heteroatoms. The molecule has 88 valence electrons. The molecule has 0 aliphatic heterocycles. The molecule has 0 aliphatic carbocycles. The van der Waals surface area contributed by atoms with E-state index in [0.29, 0.717) is 17.9 Å². The van der Waals surface area contributed by atoms with Crippen LogP contribution >= 0.6 is 0 Å². The van der Waals surface area contributed by atoms with Gasteiger partial charge in [0.2, 0.25) is 0 Å². The first-order chi connectivity index (χ1) is 8.86. The maximum atomic E-state index is 9.30. The molecule has 0 bridgehead atoms. The topological polar surface area (TPSA) is 33.0 Å². The molecule has 0 radical (unpaired) electrons. The van der Waals surface area contributed by atoms with Gasteiger partial charge >= 0.3 is 0 Å². The van der Waals surface area contributed by atoms with Gasteiger partial charge in [-0.15, -0.1) is 0 Å². The van der Waals surface area contributed by atoms with Crippen molar-refractivity contribution in [3.8, 4) is 22.9 Å². The van der Waals surface area contributed by atoms with Gasteiger partial charge in [-0.1, -0.05) is 55.1 Å². The number of hydrogen-bond acceptors (Lipinski definition) is 2. The second-order valence-electron chi connectivity index (χ2n) is 3.76. The Balaban J connectivity index is 2.49. The number of nitrogens with zero attached hydrogens (tertiary/aromatic N) is 1. The van der Waals surface area contributed by atoms with Crippen LogP contribution < -0.4 is 4.74 Å². The van der Waals surface area contributed by atoms with E-state index in [0.717, 1.165) is 11.1 Å². The SMILES string of the molecule is C=CCOc1cccc(-c2ccccc2)c1C#N. The first-order valence-electron chi connectivity index (χ1n) is 5.69. The molecule has 0 aliphatic rings. The van der Waals surface area contributed by atoms with E-state index in [9.17, 15) is 5.26 Å². The van der Waals surface area contributed by atoms with Crippen molar-refractivity contribution in [2.24, 2.45) is 0 Å². The Morgan fingerprint density at radius 2 is 1.89 bits per heavy atom. The van der Waals surface area contributed by atoms with Crippen LogP contribution in [0.1, 0.15) is 5.56 Å². The highest BCUT2D eigenvalue weighted by atomic mass is 16.5. The Labute approximate surface area is 107 Å². The van der Waals surface area contributed by atoms with Gasteiger partial charge in [-0.2, -0.15) is 5.26 Å². The van der Waals surface area contributed by atoms with E-state index in [-0.39, 0.29) is 0 Å². The molecular formula is C16H13NO. The molecule has 2 nitrogen and oxygen atoms in total. The molecule has 2 rings (SSSR count). The van der Waals surface area contributed by atoms with Crippen molar-refractivity contribution < 1.29 is 4.74 Å². The highest BCUT2D eigenvalue weighted by molar-refractivity contribution is 5.73. The van der Waals surface area contributed by atoms with E-state index in [1.165, 1.54) is 0 Å². The van der Waals surface area contributed by atoms with E-state index in [4.69, 9.17) is 4.74 Å². The summed E-state index contributed by atoms with van der Waals surface area (Å²) in [7, 11) is 0. The van der Waals surface area contributed by atoms with Crippen LogP contribution in [-0.2, 0) is 0 Å². The van der Waals surface area contributed by atoms with Gasteiger partial charge in [0.15, 0.2) is 0 Å². The molecule has 0 saturated heterocycles. The molecule has 0 spiro atoms. The first-order valence-corrected chi connectivity index (χ1v) is 5.69. The second-order valence-corrected chi connectivity index (χ2v) is 3.76. The Morgan fingerprint density at radius 3 is 2.56 bits per heavy atom. The zero-order chi connectivity index (χ0) is 12.8. The van der Waals surface area contributed by atoms with Crippen molar-refractivity contribution in [3.05, 3.63) is 66.7 Å². The summed E-state index contributed by atoms with van der Waals surface area (Å²) in [5, 5.41) is 9.30. The maximum absolute atomic E-state index is 9.30. The monoisotopic (exact) mass is 235 g/mol. The summed E-state index contributed by atoms with van der Waals surface area (Å²) in [5.41, 5.74) is 2.46. The maximum Gasteiger partial charge on any atom is 0.138 e. The summed E-state index contributed by atoms with van der Waals surface area (Å²) in [6.45, 7) is 4.00. The van der Waals surface area contributed by atoms with Crippen molar-refractivity contribution in [1.82, 2.24) is 0 Å². The molecule has 0 aromatic heterocycles. The second kappa shape index (κ2) is 5.70. The fourth-order valence-electron chi connectivity index (χ4n) is 1.77. The summed E-state index contributed by atoms with van der Waals surface area (Å²) < 4.78 is 5.50. The third kappa shape index (κ3) is 2.41. The van der Waals surface area contributed by atoms with Gasteiger partial charge in [-0.25, -0.2) is 0 Å². The number of hydrogen-bond donors (Lipinski definition) is 0. The van der Waals surface area contributed by atoms with Crippen LogP contribution in [0.3, 0.4) is 0 Å². The molecule has 0 heterocycles. The molecule has 0 saturated carbocycles. The van der Waals surface area contributed by atoms with Crippen molar-refractivity contribution in [2.75, 3.05) is 6.61 Å². The lowest BCUT2D eigenvalue weighted by atomic mass is 10.00. The molecule has 18 heavy (non-hydrogen) atoms. The minimum Gasteiger partial charge on any atom is -0.488 e. The Bertz CT molecular complexity index is 582. The number of benzene rings is 2. The average molecular weight is 235 g/mol. The van der Waals surface area contributed by atoms with Crippen molar-refractivity contribution in [3.63, 3.8) is 0 Å². The molecule has 0 fully saturated rings. The summed E-state index contributed by atoms with van der Waals surface area (Å²) >= 11 is 0. The van der Waals surface area contributed by atoms with Gasteiger partial charge in [0, 0.05) is 5.56 Å². The lowest BCUT2D eigenvalue weighted by molar-refractivity contribution is 0.362. The number of rotatable bonds is 4. The predicted molar refractivity (Wildman–Crippen MR) is 72.3 cm³/mol. The highest BCUT2D eigenvalue weighted by Gasteiger charge is 2.10. The smallest absolute Gasteiger partial charge is 0.138 e. The first kappa shape index (κ1) is 11.9. The van der Waals surface area contributed by atoms with Crippen molar-refractivity contribution >= 4 is 0 Å². The minimum atomic E-state index is 0.396. The Kier molecular flexibility index (Phi) is 3.78. The van der Waals surface area contributed by atoms with Crippen molar-refractivity contribution in [2.45, 2.75) is 0 Å². The van der Waals surface area contributed by atoms with Crippen LogP contribution in [0.2, 0.25) is 0 Å². The van der Waals surface area contributed by atoms with Crippen LogP contribution in [0.4, 0.5) is 0 Å². The fourth-order valence-corrected chi connectivity index (χ4v) is 1.77. The summed E-state index contributed by atoms with van der Waals surface area (Å²) in [6.07, 6.45) is 1.66. The third-order valence-electron chi connectivity index (χ3n) is 2.58. The summed E-state index contributed by atoms with van der Waals surface area (Å²) in [4.78, 5) is 0. The predicted octanol–water partition coefficient (Wildman–Crippen LogP) is 3.79. The van der Waals surface area contributed by atoms with E-state index < -0.39 is 0 Å².